The first-order valence-corrected chi connectivity index (χ1v) is 6.98. The molecule has 1 aromatic rings. The average Bonchev–Trinajstić information content (AvgIpc) is 2.35. The molecule has 0 radical (unpaired) electrons. The first kappa shape index (κ1) is 15.2. The Morgan fingerprint density at radius 2 is 1.94 bits per heavy atom. The highest BCUT2D eigenvalue weighted by Crippen LogP contribution is 2.25. The normalized spacial score (nSPS) is 14.8. The van der Waals surface area contributed by atoms with E-state index in [0.29, 0.717) is 12.5 Å². The third kappa shape index (κ3) is 4.11. The molecule has 0 aliphatic rings. The highest BCUT2D eigenvalue weighted by atomic mass is 16.5. The van der Waals surface area contributed by atoms with E-state index in [1.165, 1.54) is 5.56 Å². The Balaban J connectivity index is 2.86. The van der Waals surface area contributed by atoms with Crippen LogP contribution < -0.4 is 0 Å². The van der Waals surface area contributed by atoms with Crippen molar-refractivity contribution >= 4 is 0 Å². The van der Waals surface area contributed by atoms with Gasteiger partial charge in [-0.2, -0.15) is 0 Å². The second-order valence-electron chi connectivity index (χ2n) is 5.10. The Morgan fingerprint density at radius 1 is 1.22 bits per heavy atom. The van der Waals surface area contributed by atoms with Gasteiger partial charge in [0.15, 0.2) is 0 Å². The molecule has 18 heavy (non-hydrogen) atoms. The molecule has 0 bridgehead atoms. The van der Waals surface area contributed by atoms with Crippen molar-refractivity contribution in [2.45, 2.75) is 52.7 Å². The Bertz CT molecular complexity index is 347. The number of hydrogen-bond donors (Lipinski definition) is 1. The molecule has 1 N–H and O–H groups in total. The Hall–Kier alpha value is -0.860. The number of hydrogen-bond acceptors (Lipinski definition) is 2. The van der Waals surface area contributed by atoms with Crippen molar-refractivity contribution in [2.24, 2.45) is 5.92 Å². The third-order valence-electron chi connectivity index (χ3n) is 3.16. The quantitative estimate of drug-likeness (QED) is 0.799. The van der Waals surface area contributed by atoms with Gasteiger partial charge in [-0.3, -0.25) is 0 Å². The molecule has 2 unspecified atom stereocenters. The number of aliphatic hydroxyl groups is 1. The van der Waals surface area contributed by atoms with Crippen LogP contribution in [0.1, 0.15) is 51.3 Å². The lowest BCUT2D eigenvalue weighted by atomic mass is 9.94. The van der Waals surface area contributed by atoms with Gasteiger partial charge in [-0.15, -0.1) is 0 Å². The van der Waals surface area contributed by atoms with Gasteiger partial charge in [0.05, 0.1) is 6.10 Å². The number of benzene rings is 1. The molecular weight excluding hydrogens is 224 g/mol. The van der Waals surface area contributed by atoms with Crippen molar-refractivity contribution in [1.82, 2.24) is 0 Å². The Morgan fingerprint density at radius 3 is 2.50 bits per heavy atom. The van der Waals surface area contributed by atoms with Crippen LogP contribution in [0, 0.1) is 5.92 Å². The monoisotopic (exact) mass is 250 g/mol. The summed E-state index contributed by atoms with van der Waals surface area (Å²) in [4.78, 5) is 0. The number of aryl methyl sites for hydroxylation is 1. The molecule has 0 spiro atoms. The summed E-state index contributed by atoms with van der Waals surface area (Å²) in [7, 11) is 0. The van der Waals surface area contributed by atoms with Crippen molar-refractivity contribution in [3.05, 3.63) is 35.4 Å². The van der Waals surface area contributed by atoms with E-state index in [2.05, 4.69) is 32.9 Å². The minimum atomic E-state index is -0.540. The summed E-state index contributed by atoms with van der Waals surface area (Å²) in [5.74, 6) is 0.301. The van der Waals surface area contributed by atoms with Crippen molar-refractivity contribution in [2.75, 3.05) is 6.61 Å². The van der Waals surface area contributed by atoms with Crippen LogP contribution in [0.25, 0.3) is 0 Å². The Kier molecular flexibility index (Phi) is 6.37. The fourth-order valence-corrected chi connectivity index (χ4v) is 2.25. The maximum absolute atomic E-state index is 10.4. The van der Waals surface area contributed by atoms with Crippen LogP contribution in [0.2, 0.25) is 0 Å². The third-order valence-corrected chi connectivity index (χ3v) is 3.16. The summed E-state index contributed by atoms with van der Waals surface area (Å²) in [5, 5.41) is 10.4. The minimum Gasteiger partial charge on any atom is -0.386 e. The number of rotatable bonds is 7. The molecule has 2 nitrogen and oxygen atoms in total. The highest BCUT2D eigenvalue weighted by molar-refractivity contribution is 5.26. The molecule has 0 aliphatic carbocycles. The summed E-state index contributed by atoms with van der Waals surface area (Å²) >= 11 is 0. The van der Waals surface area contributed by atoms with Crippen molar-refractivity contribution in [3.8, 4) is 0 Å². The Labute approximate surface area is 111 Å². The zero-order chi connectivity index (χ0) is 13.5. The first-order valence-electron chi connectivity index (χ1n) is 6.98. The fourth-order valence-electron chi connectivity index (χ4n) is 2.25. The van der Waals surface area contributed by atoms with Crippen LogP contribution in [0.4, 0.5) is 0 Å². The summed E-state index contributed by atoms with van der Waals surface area (Å²) in [6.07, 6.45) is 1.51. The van der Waals surface area contributed by atoms with Gasteiger partial charge in [0.25, 0.3) is 0 Å². The lowest BCUT2D eigenvalue weighted by Gasteiger charge is -2.26. The minimum absolute atomic E-state index is 0.133. The van der Waals surface area contributed by atoms with Crippen molar-refractivity contribution in [1.29, 1.82) is 0 Å². The van der Waals surface area contributed by atoms with Gasteiger partial charge < -0.3 is 9.84 Å². The molecule has 0 heterocycles. The van der Waals surface area contributed by atoms with Gasteiger partial charge >= 0.3 is 0 Å². The fraction of sp³-hybridized carbons (Fsp3) is 0.625. The van der Waals surface area contributed by atoms with E-state index in [0.717, 1.165) is 18.4 Å². The molecule has 0 fully saturated rings. The van der Waals surface area contributed by atoms with Crippen molar-refractivity contribution < 1.29 is 9.84 Å². The van der Waals surface area contributed by atoms with E-state index in [9.17, 15) is 5.11 Å². The van der Waals surface area contributed by atoms with Crippen LogP contribution in [0.15, 0.2) is 24.3 Å². The van der Waals surface area contributed by atoms with Crippen LogP contribution >= 0.6 is 0 Å². The maximum Gasteiger partial charge on any atom is 0.105 e. The van der Waals surface area contributed by atoms with E-state index >= 15 is 0 Å². The molecule has 2 atom stereocenters. The zero-order valence-corrected chi connectivity index (χ0v) is 12.0. The molecule has 102 valence electrons. The number of aliphatic hydroxyl groups excluding tert-OH is 1. The molecule has 1 aromatic carbocycles. The standard InChI is InChI=1S/C16H26O2/c1-5-8-13-9-7-10-14(11-13)15(17)16(12(3)4)18-6-2/h7,9-12,15-17H,5-6,8H2,1-4H3. The zero-order valence-electron chi connectivity index (χ0n) is 12.0. The SMILES string of the molecule is CCCc1cccc(C(O)C(OCC)C(C)C)c1. The van der Waals surface area contributed by atoms with Gasteiger partial charge in [-0.25, -0.2) is 0 Å². The predicted octanol–water partition coefficient (Wildman–Crippen LogP) is 3.73. The average molecular weight is 250 g/mol. The second-order valence-corrected chi connectivity index (χ2v) is 5.10. The molecule has 1 rings (SSSR count). The van der Waals surface area contributed by atoms with Crippen LogP contribution in [-0.2, 0) is 11.2 Å². The highest BCUT2D eigenvalue weighted by Gasteiger charge is 2.24. The molecule has 0 amide bonds. The summed E-state index contributed by atoms with van der Waals surface area (Å²) < 4.78 is 5.67. The smallest absolute Gasteiger partial charge is 0.105 e. The van der Waals surface area contributed by atoms with Gasteiger partial charge in [0.2, 0.25) is 0 Å². The van der Waals surface area contributed by atoms with E-state index in [1.807, 2.05) is 19.1 Å². The van der Waals surface area contributed by atoms with Gasteiger partial charge in [-0.1, -0.05) is 51.5 Å². The molecule has 0 aliphatic heterocycles. The molecular formula is C16H26O2. The van der Waals surface area contributed by atoms with Gasteiger partial charge in [0, 0.05) is 6.61 Å². The van der Waals surface area contributed by atoms with Crippen LogP contribution in [0.3, 0.4) is 0 Å². The lowest BCUT2D eigenvalue weighted by Crippen LogP contribution is -2.27. The molecule has 0 saturated heterocycles. The van der Waals surface area contributed by atoms with Crippen LogP contribution in [0.5, 0.6) is 0 Å². The first-order chi connectivity index (χ1) is 8.60. The topological polar surface area (TPSA) is 29.5 Å². The van der Waals surface area contributed by atoms with E-state index in [4.69, 9.17) is 4.74 Å². The molecule has 0 aromatic heterocycles. The summed E-state index contributed by atoms with van der Waals surface area (Å²) in [5.41, 5.74) is 2.25. The maximum atomic E-state index is 10.4. The predicted molar refractivity (Wildman–Crippen MR) is 75.6 cm³/mol. The van der Waals surface area contributed by atoms with E-state index in [-0.39, 0.29) is 6.10 Å². The lowest BCUT2D eigenvalue weighted by molar-refractivity contribution is -0.0585. The van der Waals surface area contributed by atoms with Gasteiger partial charge in [0.1, 0.15) is 6.10 Å². The molecule has 0 saturated carbocycles. The largest absolute Gasteiger partial charge is 0.386 e. The summed E-state index contributed by atoms with van der Waals surface area (Å²) in [6.45, 7) is 8.93. The number of ether oxygens (including phenoxy) is 1. The summed E-state index contributed by atoms with van der Waals surface area (Å²) in [6, 6.07) is 8.22. The second kappa shape index (κ2) is 7.55. The molecule has 2 heteroatoms. The van der Waals surface area contributed by atoms with E-state index < -0.39 is 6.10 Å². The van der Waals surface area contributed by atoms with Crippen LogP contribution in [-0.4, -0.2) is 17.8 Å². The van der Waals surface area contributed by atoms with Gasteiger partial charge in [-0.05, 0) is 30.4 Å². The van der Waals surface area contributed by atoms with Crippen molar-refractivity contribution in [3.63, 3.8) is 0 Å². The van der Waals surface area contributed by atoms with E-state index in [1.54, 1.807) is 0 Å².